The van der Waals surface area contributed by atoms with E-state index in [0.717, 1.165) is 36.4 Å². The number of nitrogens with zero attached hydrogens (tertiary/aromatic N) is 1. The number of hydrogen-bond acceptors (Lipinski definition) is 5. The number of carbonyl (C=O) groups excluding carboxylic acids is 1. The molecule has 7 heteroatoms. The summed E-state index contributed by atoms with van der Waals surface area (Å²) in [6.07, 6.45) is 3.18. The molecule has 1 amide bonds. The van der Waals surface area contributed by atoms with Crippen molar-refractivity contribution in [3.63, 3.8) is 0 Å². The predicted molar refractivity (Wildman–Crippen MR) is 80.7 cm³/mol. The number of hydrogen-bond donors (Lipinski definition) is 2. The molecule has 2 fully saturated rings. The summed E-state index contributed by atoms with van der Waals surface area (Å²) in [5.41, 5.74) is 0.560. The zero-order valence-electron chi connectivity index (χ0n) is 12.5. The van der Waals surface area contributed by atoms with E-state index in [1.54, 1.807) is 11.3 Å². The zero-order valence-corrected chi connectivity index (χ0v) is 13.3. The van der Waals surface area contributed by atoms with Gasteiger partial charge in [0, 0.05) is 11.1 Å². The van der Waals surface area contributed by atoms with Crippen LogP contribution in [0.3, 0.4) is 0 Å². The summed E-state index contributed by atoms with van der Waals surface area (Å²) in [6.45, 7) is 1.95. The third kappa shape index (κ3) is 2.87. The average molecular weight is 324 g/mol. The largest absolute Gasteiger partial charge is 0.479 e. The number of aromatic nitrogens is 1. The van der Waals surface area contributed by atoms with Crippen LogP contribution in [0, 0.1) is 6.92 Å². The van der Waals surface area contributed by atoms with Crippen LogP contribution < -0.4 is 5.32 Å². The van der Waals surface area contributed by atoms with Crippen molar-refractivity contribution in [3.05, 3.63) is 16.1 Å². The molecule has 2 N–H and O–H groups in total. The van der Waals surface area contributed by atoms with Gasteiger partial charge in [-0.05, 0) is 32.6 Å². The summed E-state index contributed by atoms with van der Waals surface area (Å²) in [4.78, 5) is 28.0. The summed E-state index contributed by atoms with van der Waals surface area (Å²) in [7, 11) is 0. The Bertz CT molecular complexity index is 580. The van der Waals surface area contributed by atoms with Gasteiger partial charge in [-0.2, -0.15) is 0 Å². The summed E-state index contributed by atoms with van der Waals surface area (Å²) >= 11 is 1.57. The van der Waals surface area contributed by atoms with E-state index in [4.69, 9.17) is 9.84 Å². The van der Waals surface area contributed by atoms with E-state index in [1.165, 1.54) is 0 Å². The maximum Gasteiger partial charge on any atom is 0.332 e. The van der Waals surface area contributed by atoms with Crippen molar-refractivity contribution < 1.29 is 19.4 Å². The van der Waals surface area contributed by atoms with Gasteiger partial charge in [0.15, 0.2) is 6.10 Å². The van der Waals surface area contributed by atoms with Crippen LogP contribution in [-0.2, 0) is 19.9 Å². The van der Waals surface area contributed by atoms with Crippen LogP contribution in [0.1, 0.15) is 49.2 Å². The zero-order chi connectivity index (χ0) is 15.7. The molecule has 1 aromatic rings. The Labute approximate surface area is 132 Å². The van der Waals surface area contributed by atoms with Crippen molar-refractivity contribution in [2.24, 2.45) is 0 Å². The molecule has 2 aliphatic rings. The van der Waals surface area contributed by atoms with E-state index in [-0.39, 0.29) is 5.91 Å². The average Bonchev–Trinajstić information content (AvgIpc) is 3.17. The highest BCUT2D eigenvalue weighted by atomic mass is 32.1. The molecule has 1 saturated heterocycles. The molecular formula is C15H20N2O4S. The smallest absolute Gasteiger partial charge is 0.332 e. The first-order valence-corrected chi connectivity index (χ1v) is 8.51. The molecule has 120 valence electrons. The minimum absolute atomic E-state index is 0.210. The summed E-state index contributed by atoms with van der Waals surface area (Å²) in [6, 6.07) is 0. The van der Waals surface area contributed by atoms with Crippen LogP contribution in [0.5, 0.6) is 0 Å². The fraction of sp³-hybridized carbons (Fsp3) is 0.667. The van der Waals surface area contributed by atoms with Crippen molar-refractivity contribution in [2.45, 2.75) is 63.2 Å². The number of thiazole rings is 1. The minimum atomic E-state index is -0.999. The third-order valence-electron chi connectivity index (χ3n) is 4.44. The van der Waals surface area contributed by atoms with Crippen LogP contribution in [0.2, 0.25) is 0 Å². The van der Waals surface area contributed by atoms with Gasteiger partial charge in [-0.15, -0.1) is 11.3 Å². The van der Waals surface area contributed by atoms with Gasteiger partial charge in [0.05, 0.1) is 5.54 Å². The summed E-state index contributed by atoms with van der Waals surface area (Å²) < 4.78 is 5.35. The van der Waals surface area contributed by atoms with Crippen LogP contribution in [-0.4, -0.2) is 34.2 Å². The molecule has 6 nitrogen and oxygen atoms in total. The monoisotopic (exact) mass is 324 g/mol. The van der Waals surface area contributed by atoms with Crippen LogP contribution in [0.4, 0.5) is 0 Å². The first kappa shape index (κ1) is 15.4. The van der Waals surface area contributed by atoms with Crippen molar-refractivity contribution in [3.8, 4) is 0 Å². The van der Waals surface area contributed by atoms with Crippen molar-refractivity contribution in [1.82, 2.24) is 10.3 Å². The quantitative estimate of drug-likeness (QED) is 0.884. The number of amides is 1. The van der Waals surface area contributed by atoms with Crippen LogP contribution in [0.15, 0.2) is 5.38 Å². The molecule has 0 aromatic carbocycles. The van der Waals surface area contributed by atoms with Gasteiger partial charge in [-0.1, -0.05) is 12.8 Å². The van der Waals surface area contributed by atoms with Gasteiger partial charge in [0.1, 0.15) is 11.1 Å². The highest BCUT2D eigenvalue weighted by molar-refractivity contribution is 7.09. The van der Waals surface area contributed by atoms with Gasteiger partial charge in [0.25, 0.3) is 0 Å². The maximum absolute atomic E-state index is 12.5. The highest BCUT2D eigenvalue weighted by Crippen LogP contribution is 2.40. The van der Waals surface area contributed by atoms with Gasteiger partial charge >= 0.3 is 5.97 Å². The first-order valence-electron chi connectivity index (χ1n) is 7.63. The van der Waals surface area contributed by atoms with E-state index in [0.29, 0.717) is 12.8 Å². The number of carboxylic acid groups (broad SMARTS) is 1. The standard InChI is InChI=1S/C15H20N2O4S/c1-9-8-22-14(16-9)15(6-2-3-7-15)17-12(18)10-4-5-11(21-10)13(19)20/h8,10-11H,2-7H2,1H3,(H,17,18)(H,19,20)/t10-,11+/m0/s1. The van der Waals surface area contributed by atoms with Crippen molar-refractivity contribution in [2.75, 3.05) is 0 Å². The topological polar surface area (TPSA) is 88.5 Å². The molecule has 2 heterocycles. The molecule has 0 bridgehead atoms. The summed E-state index contributed by atoms with van der Waals surface area (Å²) in [5, 5.41) is 15.0. The molecule has 1 saturated carbocycles. The van der Waals surface area contributed by atoms with Crippen LogP contribution in [0.25, 0.3) is 0 Å². The molecule has 2 atom stereocenters. The van der Waals surface area contributed by atoms with E-state index >= 15 is 0 Å². The minimum Gasteiger partial charge on any atom is -0.479 e. The summed E-state index contributed by atoms with van der Waals surface area (Å²) in [5.74, 6) is -1.21. The molecule has 1 aliphatic carbocycles. The lowest BCUT2D eigenvalue weighted by atomic mass is 9.97. The van der Waals surface area contributed by atoms with Crippen molar-refractivity contribution in [1.29, 1.82) is 0 Å². The molecule has 22 heavy (non-hydrogen) atoms. The van der Waals surface area contributed by atoms with Gasteiger partial charge < -0.3 is 15.2 Å². The molecule has 3 rings (SSSR count). The number of aryl methyl sites for hydroxylation is 1. The molecule has 0 spiro atoms. The fourth-order valence-electron chi connectivity index (χ4n) is 3.27. The second-order valence-corrected chi connectivity index (χ2v) is 6.96. The number of nitrogens with one attached hydrogen (secondary N) is 1. The fourth-order valence-corrected chi connectivity index (χ4v) is 4.29. The Morgan fingerprint density at radius 2 is 2.05 bits per heavy atom. The predicted octanol–water partition coefficient (Wildman–Crippen LogP) is 1.97. The molecule has 1 aliphatic heterocycles. The van der Waals surface area contributed by atoms with Gasteiger partial charge in [-0.25, -0.2) is 9.78 Å². The molecular weight excluding hydrogens is 304 g/mol. The number of aliphatic carboxylic acids is 1. The normalized spacial score (nSPS) is 27.0. The van der Waals surface area contributed by atoms with Crippen LogP contribution >= 0.6 is 11.3 Å². The number of carbonyl (C=O) groups is 2. The Morgan fingerprint density at radius 1 is 1.36 bits per heavy atom. The maximum atomic E-state index is 12.5. The lowest BCUT2D eigenvalue weighted by Gasteiger charge is -2.29. The Hall–Kier alpha value is -1.47. The van der Waals surface area contributed by atoms with E-state index in [1.807, 2.05) is 12.3 Å². The first-order chi connectivity index (χ1) is 10.5. The highest BCUT2D eigenvalue weighted by Gasteiger charge is 2.43. The van der Waals surface area contributed by atoms with Gasteiger partial charge in [0.2, 0.25) is 5.91 Å². The van der Waals surface area contributed by atoms with E-state index in [9.17, 15) is 9.59 Å². The Balaban J connectivity index is 1.72. The lowest BCUT2D eigenvalue weighted by molar-refractivity contribution is -0.152. The lowest BCUT2D eigenvalue weighted by Crippen LogP contribution is -2.48. The molecule has 0 radical (unpaired) electrons. The molecule has 0 unspecified atom stereocenters. The second-order valence-electron chi connectivity index (χ2n) is 6.10. The SMILES string of the molecule is Cc1csc(C2(NC(=O)[C@@H]3CC[C@H](C(=O)O)O3)CCCC2)n1. The van der Waals surface area contributed by atoms with Crippen molar-refractivity contribution >= 4 is 23.2 Å². The van der Waals surface area contributed by atoms with E-state index < -0.39 is 23.7 Å². The molecule has 1 aromatic heterocycles. The van der Waals surface area contributed by atoms with Gasteiger partial charge in [-0.3, -0.25) is 4.79 Å². The number of rotatable bonds is 4. The number of carboxylic acids is 1. The Kier molecular flexibility index (Phi) is 4.18. The van der Waals surface area contributed by atoms with E-state index in [2.05, 4.69) is 10.3 Å². The second kappa shape index (κ2) is 5.96. The Morgan fingerprint density at radius 3 is 2.59 bits per heavy atom. The third-order valence-corrected chi connectivity index (χ3v) is 5.60. The number of ether oxygens (including phenoxy) is 1.